The molecular weight excluding hydrogens is 295 g/mol. The van der Waals surface area contributed by atoms with E-state index in [9.17, 15) is 14.3 Å². The Kier molecular flexibility index (Phi) is 4.22. The average molecular weight is 316 g/mol. The summed E-state index contributed by atoms with van der Waals surface area (Å²) in [5.74, 6) is -0.538. The van der Waals surface area contributed by atoms with Crippen molar-refractivity contribution in [2.75, 3.05) is 6.54 Å². The van der Waals surface area contributed by atoms with Crippen molar-refractivity contribution in [1.82, 2.24) is 9.88 Å². The quantitative estimate of drug-likeness (QED) is 0.891. The first-order valence-corrected chi connectivity index (χ1v) is 7.87. The number of amides is 1. The molecule has 1 aliphatic rings. The fourth-order valence-electron chi connectivity index (χ4n) is 2.99. The van der Waals surface area contributed by atoms with Gasteiger partial charge in [-0.2, -0.15) is 0 Å². The SMILES string of the molecule is Cc1cc(C(=O)NCC(O)c2ccc(F)cc2)c(C)n1C1CC1. The van der Waals surface area contributed by atoms with Crippen molar-refractivity contribution in [2.45, 2.75) is 38.8 Å². The molecule has 3 rings (SSSR count). The van der Waals surface area contributed by atoms with E-state index >= 15 is 0 Å². The third kappa shape index (κ3) is 3.29. The maximum Gasteiger partial charge on any atom is 0.253 e. The second-order valence-electron chi connectivity index (χ2n) is 6.16. The van der Waals surface area contributed by atoms with Crippen LogP contribution < -0.4 is 5.32 Å². The molecular formula is C18H21FN2O2. The highest BCUT2D eigenvalue weighted by Crippen LogP contribution is 2.38. The van der Waals surface area contributed by atoms with Crippen LogP contribution in [0.1, 0.15) is 52.3 Å². The maximum absolute atomic E-state index is 12.9. The number of aryl methyl sites for hydroxylation is 1. The minimum absolute atomic E-state index is 0.0948. The predicted molar refractivity (Wildman–Crippen MR) is 85.9 cm³/mol. The lowest BCUT2D eigenvalue weighted by molar-refractivity contribution is 0.0915. The van der Waals surface area contributed by atoms with Crippen LogP contribution in [0.5, 0.6) is 0 Å². The Hall–Kier alpha value is -2.14. The molecule has 1 fully saturated rings. The van der Waals surface area contributed by atoms with Crippen molar-refractivity contribution in [3.05, 3.63) is 58.7 Å². The number of hydrogen-bond donors (Lipinski definition) is 2. The van der Waals surface area contributed by atoms with E-state index in [2.05, 4.69) is 9.88 Å². The topological polar surface area (TPSA) is 54.3 Å². The lowest BCUT2D eigenvalue weighted by Crippen LogP contribution is -2.28. The fraction of sp³-hybridized carbons (Fsp3) is 0.389. The lowest BCUT2D eigenvalue weighted by atomic mass is 10.1. The molecule has 2 N–H and O–H groups in total. The molecule has 1 heterocycles. The third-order valence-electron chi connectivity index (χ3n) is 4.35. The molecule has 1 aromatic heterocycles. The summed E-state index contributed by atoms with van der Waals surface area (Å²) in [4.78, 5) is 12.4. The van der Waals surface area contributed by atoms with Crippen LogP contribution in [-0.4, -0.2) is 22.1 Å². The Morgan fingerprint density at radius 3 is 2.61 bits per heavy atom. The minimum atomic E-state index is -0.855. The van der Waals surface area contributed by atoms with E-state index in [-0.39, 0.29) is 18.3 Å². The van der Waals surface area contributed by atoms with Gasteiger partial charge in [0.05, 0.1) is 11.7 Å². The number of aliphatic hydroxyl groups excluding tert-OH is 1. The Morgan fingerprint density at radius 2 is 2.00 bits per heavy atom. The van der Waals surface area contributed by atoms with Gasteiger partial charge in [-0.1, -0.05) is 12.1 Å². The summed E-state index contributed by atoms with van der Waals surface area (Å²) in [6.45, 7) is 4.06. The molecule has 1 saturated carbocycles. The van der Waals surface area contributed by atoms with Gasteiger partial charge in [0.1, 0.15) is 5.82 Å². The summed E-state index contributed by atoms with van der Waals surface area (Å²) in [5, 5.41) is 12.8. The molecule has 0 bridgehead atoms. The number of benzene rings is 1. The summed E-state index contributed by atoms with van der Waals surface area (Å²) in [7, 11) is 0. The van der Waals surface area contributed by atoms with Crippen molar-refractivity contribution in [3.63, 3.8) is 0 Å². The van der Waals surface area contributed by atoms with Gasteiger partial charge in [0.15, 0.2) is 0 Å². The van der Waals surface area contributed by atoms with Crippen molar-refractivity contribution >= 4 is 5.91 Å². The van der Waals surface area contributed by atoms with Crippen LogP contribution in [0.3, 0.4) is 0 Å². The molecule has 1 atom stereocenters. The third-order valence-corrected chi connectivity index (χ3v) is 4.35. The van der Waals surface area contributed by atoms with E-state index in [4.69, 9.17) is 0 Å². The molecule has 1 aliphatic carbocycles. The lowest BCUT2D eigenvalue weighted by Gasteiger charge is -2.12. The van der Waals surface area contributed by atoms with Gasteiger partial charge in [-0.25, -0.2) is 4.39 Å². The van der Waals surface area contributed by atoms with Crippen molar-refractivity contribution in [3.8, 4) is 0 Å². The molecule has 1 amide bonds. The van der Waals surface area contributed by atoms with Gasteiger partial charge >= 0.3 is 0 Å². The Balaban J connectivity index is 1.65. The van der Waals surface area contributed by atoms with Gasteiger partial charge in [0, 0.05) is 24.0 Å². The van der Waals surface area contributed by atoms with Gasteiger partial charge in [0.2, 0.25) is 0 Å². The van der Waals surface area contributed by atoms with E-state index in [0.717, 1.165) is 11.4 Å². The molecule has 0 spiro atoms. The zero-order chi connectivity index (χ0) is 16.6. The Labute approximate surface area is 134 Å². The normalized spacial score (nSPS) is 15.5. The number of rotatable bonds is 5. The molecule has 0 aliphatic heterocycles. The van der Waals surface area contributed by atoms with Gasteiger partial charge in [0.25, 0.3) is 5.91 Å². The summed E-state index contributed by atoms with van der Waals surface area (Å²) >= 11 is 0. The second-order valence-corrected chi connectivity index (χ2v) is 6.16. The summed E-state index contributed by atoms with van der Waals surface area (Å²) in [6, 6.07) is 8.05. The number of nitrogens with one attached hydrogen (secondary N) is 1. The van der Waals surface area contributed by atoms with E-state index < -0.39 is 6.10 Å². The number of nitrogens with zero attached hydrogens (tertiary/aromatic N) is 1. The Morgan fingerprint density at radius 1 is 1.35 bits per heavy atom. The standard InChI is InChI=1S/C18H21FN2O2/c1-11-9-16(12(2)21(11)15-7-8-15)18(23)20-10-17(22)13-3-5-14(19)6-4-13/h3-6,9,15,17,22H,7-8,10H2,1-2H3,(H,20,23). The molecule has 4 nitrogen and oxygen atoms in total. The summed E-state index contributed by atoms with van der Waals surface area (Å²) in [6.07, 6.45) is 1.48. The number of halogens is 1. The first kappa shape index (κ1) is 15.7. The van der Waals surface area contributed by atoms with Crippen LogP contribution in [0.15, 0.2) is 30.3 Å². The fourth-order valence-corrected chi connectivity index (χ4v) is 2.99. The van der Waals surface area contributed by atoms with Gasteiger partial charge in [-0.3, -0.25) is 4.79 Å². The number of carbonyl (C=O) groups excluding carboxylic acids is 1. The molecule has 5 heteroatoms. The van der Waals surface area contributed by atoms with Crippen molar-refractivity contribution < 1.29 is 14.3 Å². The minimum Gasteiger partial charge on any atom is -0.387 e. The number of carbonyl (C=O) groups is 1. The monoisotopic (exact) mass is 316 g/mol. The van der Waals surface area contributed by atoms with Gasteiger partial charge in [-0.15, -0.1) is 0 Å². The highest BCUT2D eigenvalue weighted by molar-refractivity contribution is 5.95. The van der Waals surface area contributed by atoms with E-state index in [0.29, 0.717) is 17.2 Å². The van der Waals surface area contributed by atoms with Crippen LogP contribution in [-0.2, 0) is 0 Å². The smallest absolute Gasteiger partial charge is 0.253 e. The molecule has 23 heavy (non-hydrogen) atoms. The highest BCUT2D eigenvalue weighted by Gasteiger charge is 2.28. The van der Waals surface area contributed by atoms with E-state index in [1.165, 1.54) is 37.1 Å². The van der Waals surface area contributed by atoms with E-state index in [1.54, 1.807) is 0 Å². The van der Waals surface area contributed by atoms with E-state index in [1.807, 2.05) is 19.9 Å². The van der Waals surface area contributed by atoms with Crippen LogP contribution in [0.4, 0.5) is 4.39 Å². The number of aromatic nitrogens is 1. The largest absolute Gasteiger partial charge is 0.387 e. The molecule has 1 unspecified atom stereocenters. The van der Waals surface area contributed by atoms with Crippen molar-refractivity contribution in [2.24, 2.45) is 0 Å². The van der Waals surface area contributed by atoms with Crippen LogP contribution in [0.25, 0.3) is 0 Å². The van der Waals surface area contributed by atoms with Crippen LogP contribution in [0, 0.1) is 19.7 Å². The van der Waals surface area contributed by atoms with Gasteiger partial charge < -0.3 is 15.0 Å². The zero-order valence-corrected chi connectivity index (χ0v) is 13.3. The average Bonchev–Trinajstić information content (AvgIpc) is 3.31. The van der Waals surface area contributed by atoms with Gasteiger partial charge in [-0.05, 0) is 50.5 Å². The molecule has 2 aromatic rings. The van der Waals surface area contributed by atoms with Crippen LogP contribution >= 0.6 is 0 Å². The molecule has 122 valence electrons. The summed E-state index contributed by atoms with van der Waals surface area (Å²) in [5.41, 5.74) is 3.30. The maximum atomic E-state index is 12.9. The second kappa shape index (κ2) is 6.16. The number of aliphatic hydroxyl groups is 1. The first-order chi connectivity index (χ1) is 11.0. The molecule has 0 radical (unpaired) electrons. The highest BCUT2D eigenvalue weighted by atomic mass is 19.1. The van der Waals surface area contributed by atoms with Crippen LogP contribution in [0.2, 0.25) is 0 Å². The number of hydrogen-bond acceptors (Lipinski definition) is 2. The molecule has 1 aromatic carbocycles. The Bertz CT molecular complexity index is 717. The first-order valence-electron chi connectivity index (χ1n) is 7.87. The molecule has 0 saturated heterocycles. The van der Waals surface area contributed by atoms with Crippen molar-refractivity contribution in [1.29, 1.82) is 0 Å². The summed E-state index contributed by atoms with van der Waals surface area (Å²) < 4.78 is 15.1. The zero-order valence-electron chi connectivity index (χ0n) is 13.3. The predicted octanol–water partition coefficient (Wildman–Crippen LogP) is 3.04.